The molecule has 19 heavy (non-hydrogen) atoms. The van der Waals surface area contributed by atoms with Crippen LogP contribution in [0.2, 0.25) is 0 Å². The third-order valence-corrected chi connectivity index (χ3v) is 3.32. The summed E-state index contributed by atoms with van der Waals surface area (Å²) in [7, 11) is 0. The van der Waals surface area contributed by atoms with Crippen molar-refractivity contribution in [2.45, 2.75) is 25.7 Å². The zero-order chi connectivity index (χ0) is 13.6. The number of hydrogen-bond acceptors (Lipinski definition) is 5. The van der Waals surface area contributed by atoms with Gasteiger partial charge in [0.25, 0.3) is 5.69 Å². The number of rotatable bonds is 3. The number of nitrogens with two attached hydrogens (primary N) is 1. The van der Waals surface area contributed by atoms with Crippen molar-refractivity contribution in [3.63, 3.8) is 0 Å². The second-order valence-corrected chi connectivity index (χ2v) is 4.77. The molecule has 98 valence electrons. The molecule has 0 bridgehead atoms. The Labute approximate surface area is 109 Å². The van der Waals surface area contributed by atoms with Crippen LogP contribution in [-0.4, -0.2) is 19.9 Å². The van der Waals surface area contributed by atoms with E-state index in [1.165, 1.54) is 12.1 Å². The summed E-state index contributed by atoms with van der Waals surface area (Å²) in [6.45, 7) is 1.82. The number of nitrogen functional groups attached to an aromatic ring is 1. The molecule has 1 saturated carbocycles. The Bertz CT molecular complexity index is 660. The van der Waals surface area contributed by atoms with Crippen LogP contribution in [0.3, 0.4) is 0 Å². The van der Waals surface area contributed by atoms with E-state index < -0.39 is 4.92 Å². The van der Waals surface area contributed by atoms with Gasteiger partial charge >= 0.3 is 0 Å². The average Bonchev–Trinajstić information content (AvgIpc) is 3.13. The highest BCUT2D eigenvalue weighted by Crippen LogP contribution is 2.43. The molecular weight excluding hydrogens is 246 g/mol. The number of hydrogen-bond donors (Lipinski definition) is 1. The number of aromatic nitrogens is 3. The quantitative estimate of drug-likeness (QED) is 0.670. The molecule has 0 radical (unpaired) electrons. The van der Waals surface area contributed by atoms with Crippen molar-refractivity contribution in [2.24, 2.45) is 0 Å². The van der Waals surface area contributed by atoms with E-state index in [0.29, 0.717) is 11.7 Å². The van der Waals surface area contributed by atoms with Crippen LogP contribution >= 0.6 is 0 Å². The van der Waals surface area contributed by atoms with Gasteiger partial charge in [-0.2, -0.15) is 0 Å². The highest BCUT2D eigenvalue weighted by molar-refractivity contribution is 5.51. The van der Waals surface area contributed by atoms with Gasteiger partial charge in [-0.25, -0.2) is 4.68 Å². The van der Waals surface area contributed by atoms with Gasteiger partial charge in [0.2, 0.25) is 0 Å². The molecule has 2 N–H and O–H groups in total. The van der Waals surface area contributed by atoms with Crippen LogP contribution in [-0.2, 0) is 0 Å². The van der Waals surface area contributed by atoms with Crippen LogP contribution in [0.1, 0.15) is 30.0 Å². The summed E-state index contributed by atoms with van der Waals surface area (Å²) in [5, 5.41) is 18.7. The average molecular weight is 259 g/mol. The van der Waals surface area contributed by atoms with Crippen LogP contribution < -0.4 is 5.73 Å². The van der Waals surface area contributed by atoms with Gasteiger partial charge in [0, 0.05) is 18.1 Å². The lowest BCUT2D eigenvalue weighted by atomic mass is 10.1. The molecule has 1 fully saturated rings. The van der Waals surface area contributed by atoms with Gasteiger partial charge in [-0.05, 0) is 31.4 Å². The van der Waals surface area contributed by atoms with Crippen molar-refractivity contribution in [1.29, 1.82) is 0 Å². The van der Waals surface area contributed by atoms with Gasteiger partial charge in [-0.15, -0.1) is 5.10 Å². The molecule has 0 aliphatic heterocycles. The monoisotopic (exact) mass is 259 g/mol. The van der Waals surface area contributed by atoms with Crippen LogP contribution in [0, 0.1) is 17.0 Å². The molecule has 1 aliphatic rings. The number of nitro groups is 1. The standard InChI is InChI=1S/C12H13N5O2/c1-7-6-9(17(18)19)4-5-10(7)16-11(8-2-3-8)12(13)14-15-16/h4-6,8H,2-3,13H2,1H3. The van der Waals surface area contributed by atoms with Crippen molar-refractivity contribution < 1.29 is 4.92 Å². The Kier molecular flexibility index (Phi) is 2.48. The normalized spacial score (nSPS) is 14.6. The SMILES string of the molecule is Cc1cc([N+](=O)[O-])ccc1-n1nnc(N)c1C1CC1. The number of nitrogens with zero attached hydrogens (tertiary/aromatic N) is 4. The summed E-state index contributed by atoms with van der Waals surface area (Å²) < 4.78 is 1.70. The number of benzene rings is 1. The lowest BCUT2D eigenvalue weighted by molar-refractivity contribution is -0.384. The Morgan fingerprint density at radius 1 is 1.47 bits per heavy atom. The maximum atomic E-state index is 10.7. The smallest absolute Gasteiger partial charge is 0.269 e. The largest absolute Gasteiger partial charge is 0.381 e. The topological polar surface area (TPSA) is 99.9 Å². The van der Waals surface area contributed by atoms with Crippen molar-refractivity contribution in [3.05, 3.63) is 39.6 Å². The van der Waals surface area contributed by atoms with Gasteiger partial charge < -0.3 is 5.73 Å². The third-order valence-electron chi connectivity index (χ3n) is 3.32. The summed E-state index contributed by atoms with van der Waals surface area (Å²) >= 11 is 0. The molecule has 2 aromatic rings. The van der Waals surface area contributed by atoms with E-state index in [1.54, 1.807) is 10.7 Å². The summed E-state index contributed by atoms with van der Waals surface area (Å²) in [6, 6.07) is 4.69. The molecule has 1 aromatic heterocycles. The fourth-order valence-electron chi connectivity index (χ4n) is 2.21. The van der Waals surface area contributed by atoms with E-state index in [0.717, 1.165) is 29.8 Å². The van der Waals surface area contributed by atoms with E-state index in [1.807, 2.05) is 6.92 Å². The van der Waals surface area contributed by atoms with E-state index in [4.69, 9.17) is 5.73 Å². The highest BCUT2D eigenvalue weighted by Gasteiger charge is 2.31. The van der Waals surface area contributed by atoms with E-state index >= 15 is 0 Å². The van der Waals surface area contributed by atoms with E-state index in [2.05, 4.69) is 10.3 Å². The predicted molar refractivity (Wildman–Crippen MR) is 69.1 cm³/mol. The first-order valence-electron chi connectivity index (χ1n) is 6.04. The van der Waals surface area contributed by atoms with Crippen LogP contribution in [0.15, 0.2) is 18.2 Å². The molecule has 7 heteroatoms. The van der Waals surface area contributed by atoms with E-state index in [9.17, 15) is 10.1 Å². The second-order valence-electron chi connectivity index (χ2n) is 4.77. The molecule has 0 saturated heterocycles. The molecule has 1 aromatic carbocycles. The Morgan fingerprint density at radius 2 is 2.21 bits per heavy atom. The van der Waals surface area contributed by atoms with Gasteiger partial charge in [0.15, 0.2) is 5.82 Å². The number of aryl methyl sites for hydroxylation is 1. The summed E-state index contributed by atoms with van der Waals surface area (Å²) in [6.07, 6.45) is 2.17. The first-order valence-corrected chi connectivity index (χ1v) is 6.04. The van der Waals surface area contributed by atoms with Gasteiger partial charge in [0.1, 0.15) is 0 Å². The molecule has 0 amide bonds. The van der Waals surface area contributed by atoms with Crippen molar-refractivity contribution >= 4 is 11.5 Å². The molecule has 3 rings (SSSR count). The summed E-state index contributed by atoms with van der Waals surface area (Å²) in [5.74, 6) is 0.852. The molecular formula is C12H13N5O2. The third kappa shape index (κ3) is 1.92. The fourth-order valence-corrected chi connectivity index (χ4v) is 2.21. The maximum Gasteiger partial charge on any atom is 0.269 e. The summed E-state index contributed by atoms with van der Waals surface area (Å²) in [5.41, 5.74) is 8.40. The zero-order valence-corrected chi connectivity index (χ0v) is 10.4. The molecule has 0 unspecified atom stereocenters. The van der Waals surface area contributed by atoms with Crippen LogP contribution in [0.5, 0.6) is 0 Å². The minimum absolute atomic E-state index is 0.0716. The molecule has 7 nitrogen and oxygen atoms in total. The molecule has 0 atom stereocenters. The lowest BCUT2D eigenvalue weighted by Gasteiger charge is -2.08. The molecule has 1 heterocycles. The Hall–Kier alpha value is -2.44. The lowest BCUT2D eigenvalue weighted by Crippen LogP contribution is -2.05. The summed E-state index contributed by atoms with van der Waals surface area (Å²) in [4.78, 5) is 10.3. The van der Waals surface area contributed by atoms with Gasteiger partial charge in [-0.3, -0.25) is 10.1 Å². The predicted octanol–water partition coefficient (Wildman–Crippen LogP) is 1.94. The van der Waals surface area contributed by atoms with E-state index in [-0.39, 0.29) is 5.69 Å². The second kappa shape index (κ2) is 4.04. The maximum absolute atomic E-state index is 10.7. The Morgan fingerprint density at radius 3 is 2.79 bits per heavy atom. The van der Waals surface area contributed by atoms with Gasteiger partial charge in [-0.1, -0.05) is 5.21 Å². The minimum atomic E-state index is -0.408. The van der Waals surface area contributed by atoms with Crippen molar-refractivity contribution in [3.8, 4) is 5.69 Å². The number of non-ortho nitro benzene ring substituents is 1. The first-order chi connectivity index (χ1) is 9.08. The highest BCUT2D eigenvalue weighted by atomic mass is 16.6. The zero-order valence-electron chi connectivity index (χ0n) is 10.4. The first kappa shape index (κ1) is 11.6. The fraction of sp³-hybridized carbons (Fsp3) is 0.333. The Balaban J connectivity index is 2.09. The van der Waals surface area contributed by atoms with Crippen LogP contribution in [0.4, 0.5) is 11.5 Å². The molecule has 1 aliphatic carbocycles. The van der Waals surface area contributed by atoms with Gasteiger partial charge in [0.05, 0.1) is 16.3 Å². The number of anilines is 1. The number of nitro benzene ring substituents is 1. The van der Waals surface area contributed by atoms with Crippen molar-refractivity contribution in [1.82, 2.24) is 15.0 Å². The van der Waals surface area contributed by atoms with Crippen LogP contribution in [0.25, 0.3) is 5.69 Å². The van der Waals surface area contributed by atoms with Crippen molar-refractivity contribution in [2.75, 3.05) is 5.73 Å². The molecule has 0 spiro atoms. The minimum Gasteiger partial charge on any atom is -0.381 e.